The van der Waals surface area contributed by atoms with Crippen molar-refractivity contribution in [3.8, 4) is 0 Å². The predicted molar refractivity (Wildman–Crippen MR) is 32.2 cm³/mol. The summed E-state index contributed by atoms with van der Waals surface area (Å²) in [5, 5.41) is 0. The molecule has 1 aliphatic heterocycles. The van der Waals surface area contributed by atoms with Crippen molar-refractivity contribution >= 4 is 0 Å². The Morgan fingerprint density at radius 3 is 2.56 bits per heavy atom. The van der Waals surface area contributed by atoms with Gasteiger partial charge in [-0.25, -0.2) is 0 Å². The molecule has 1 saturated heterocycles. The van der Waals surface area contributed by atoms with E-state index in [1.165, 1.54) is 0 Å². The number of rotatable bonds is 1. The molecule has 0 aromatic carbocycles. The Morgan fingerprint density at radius 2 is 2.22 bits per heavy atom. The second-order valence-corrected chi connectivity index (χ2v) is 2.24. The van der Waals surface area contributed by atoms with Crippen LogP contribution in [0.5, 0.6) is 0 Å². The lowest BCUT2D eigenvalue weighted by atomic mass is 10.3. The first kappa shape index (κ1) is 6.99. The molecule has 3 nitrogen and oxygen atoms in total. The van der Waals surface area contributed by atoms with E-state index in [0.29, 0.717) is 19.8 Å². The van der Waals surface area contributed by atoms with Crippen LogP contribution in [0.2, 0.25) is 0 Å². The smallest absolute Gasteiger partial charge is 0.188 e. The number of hydrogen-bond acceptors (Lipinski definition) is 3. The van der Waals surface area contributed by atoms with Gasteiger partial charge in [0.1, 0.15) is 6.61 Å². The van der Waals surface area contributed by atoms with E-state index >= 15 is 0 Å². The van der Waals surface area contributed by atoms with Crippen LogP contribution in [0.1, 0.15) is 6.92 Å². The molecule has 1 atom stereocenters. The van der Waals surface area contributed by atoms with Gasteiger partial charge >= 0.3 is 0 Å². The van der Waals surface area contributed by atoms with Gasteiger partial charge in [-0.3, -0.25) is 0 Å². The molecule has 54 valence electrons. The Labute approximate surface area is 54.9 Å². The Balaban J connectivity index is 2.37. The number of ether oxygens (including phenoxy) is 3. The molecule has 1 rings (SSSR count). The molecular weight excluding hydrogens is 120 g/mol. The van der Waals surface area contributed by atoms with Crippen molar-refractivity contribution in [1.29, 1.82) is 0 Å². The standard InChI is InChI=1S/C6H12O3/c1-6(7-2)5-8-3-4-9-6/h3-5H2,1-2H3. The zero-order chi connectivity index (χ0) is 6.74. The lowest BCUT2D eigenvalue weighted by Gasteiger charge is -2.31. The predicted octanol–water partition coefficient (Wildman–Crippen LogP) is 0.396. The highest BCUT2D eigenvalue weighted by Crippen LogP contribution is 2.14. The zero-order valence-electron chi connectivity index (χ0n) is 5.85. The van der Waals surface area contributed by atoms with Gasteiger partial charge in [0.25, 0.3) is 0 Å². The molecule has 1 unspecified atom stereocenters. The summed E-state index contributed by atoms with van der Waals surface area (Å²) >= 11 is 0. The lowest BCUT2D eigenvalue weighted by molar-refractivity contribution is -0.271. The topological polar surface area (TPSA) is 27.7 Å². The molecule has 3 heteroatoms. The summed E-state index contributed by atoms with van der Waals surface area (Å²) in [5.41, 5.74) is 0. The first-order valence-corrected chi connectivity index (χ1v) is 3.04. The Hall–Kier alpha value is -0.120. The van der Waals surface area contributed by atoms with Crippen LogP contribution >= 0.6 is 0 Å². The Kier molecular flexibility index (Phi) is 2.05. The average Bonchev–Trinajstić information content (AvgIpc) is 1.90. The molecule has 0 N–H and O–H groups in total. The molecule has 0 saturated carbocycles. The zero-order valence-corrected chi connectivity index (χ0v) is 5.85. The van der Waals surface area contributed by atoms with Gasteiger partial charge in [-0.1, -0.05) is 0 Å². The normalized spacial score (nSPS) is 36.7. The maximum Gasteiger partial charge on any atom is 0.188 e. The molecule has 1 aliphatic rings. The second kappa shape index (κ2) is 2.64. The van der Waals surface area contributed by atoms with Gasteiger partial charge in [0.15, 0.2) is 5.79 Å². The van der Waals surface area contributed by atoms with Crippen LogP contribution in [0, 0.1) is 0 Å². The van der Waals surface area contributed by atoms with Crippen molar-refractivity contribution in [2.24, 2.45) is 0 Å². The molecule has 0 aliphatic carbocycles. The first-order chi connectivity index (χ1) is 4.27. The van der Waals surface area contributed by atoms with Crippen LogP contribution in [0.25, 0.3) is 0 Å². The molecular formula is C6H12O3. The van der Waals surface area contributed by atoms with Gasteiger partial charge in [-0.15, -0.1) is 0 Å². The van der Waals surface area contributed by atoms with E-state index < -0.39 is 5.79 Å². The van der Waals surface area contributed by atoms with E-state index in [4.69, 9.17) is 14.2 Å². The third-order valence-corrected chi connectivity index (χ3v) is 1.43. The first-order valence-electron chi connectivity index (χ1n) is 3.04. The van der Waals surface area contributed by atoms with Gasteiger partial charge in [-0.2, -0.15) is 0 Å². The Morgan fingerprint density at radius 1 is 1.44 bits per heavy atom. The van der Waals surface area contributed by atoms with Crippen LogP contribution < -0.4 is 0 Å². The van der Waals surface area contributed by atoms with E-state index in [1.807, 2.05) is 6.92 Å². The average molecular weight is 132 g/mol. The third-order valence-electron chi connectivity index (χ3n) is 1.43. The molecule has 0 spiro atoms. The maximum atomic E-state index is 5.27. The van der Waals surface area contributed by atoms with E-state index in [0.717, 1.165) is 0 Å². The molecule has 0 radical (unpaired) electrons. The minimum Gasteiger partial charge on any atom is -0.373 e. The second-order valence-electron chi connectivity index (χ2n) is 2.24. The SMILES string of the molecule is COC1(C)COCCO1. The quantitative estimate of drug-likeness (QED) is 0.516. The van der Waals surface area contributed by atoms with Gasteiger partial charge in [0.2, 0.25) is 0 Å². The van der Waals surface area contributed by atoms with Crippen molar-refractivity contribution in [2.75, 3.05) is 26.9 Å². The highest BCUT2D eigenvalue weighted by molar-refractivity contribution is 4.63. The summed E-state index contributed by atoms with van der Waals surface area (Å²) in [5.74, 6) is -0.502. The van der Waals surface area contributed by atoms with Crippen molar-refractivity contribution < 1.29 is 14.2 Å². The fraction of sp³-hybridized carbons (Fsp3) is 1.00. The van der Waals surface area contributed by atoms with Gasteiger partial charge < -0.3 is 14.2 Å². The molecule has 9 heavy (non-hydrogen) atoms. The maximum absolute atomic E-state index is 5.27. The van der Waals surface area contributed by atoms with E-state index in [-0.39, 0.29) is 0 Å². The summed E-state index contributed by atoms with van der Waals surface area (Å²) in [6.45, 7) is 3.71. The summed E-state index contributed by atoms with van der Waals surface area (Å²) in [4.78, 5) is 0. The third kappa shape index (κ3) is 1.64. The highest BCUT2D eigenvalue weighted by Gasteiger charge is 2.27. The van der Waals surface area contributed by atoms with Gasteiger partial charge in [-0.05, 0) is 6.92 Å². The summed E-state index contributed by atoms with van der Waals surface area (Å²) in [6.07, 6.45) is 0. The monoisotopic (exact) mass is 132 g/mol. The molecule has 0 aromatic heterocycles. The van der Waals surface area contributed by atoms with Crippen molar-refractivity contribution in [3.05, 3.63) is 0 Å². The van der Waals surface area contributed by atoms with Gasteiger partial charge in [0, 0.05) is 7.11 Å². The lowest BCUT2D eigenvalue weighted by Crippen LogP contribution is -2.41. The summed E-state index contributed by atoms with van der Waals surface area (Å²) in [6, 6.07) is 0. The molecule has 1 fully saturated rings. The fourth-order valence-electron chi connectivity index (χ4n) is 0.734. The molecule has 1 heterocycles. The minimum atomic E-state index is -0.502. The van der Waals surface area contributed by atoms with Crippen LogP contribution in [-0.2, 0) is 14.2 Å². The van der Waals surface area contributed by atoms with Crippen molar-refractivity contribution in [2.45, 2.75) is 12.7 Å². The minimum absolute atomic E-state index is 0.502. The van der Waals surface area contributed by atoms with Crippen molar-refractivity contribution in [3.63, 3.8) is 0 Å². The Bertz CT molecular complexity index is 86.3. The summed E-state index contributed by atoms with van der Waals surface area (Å²) in [7, 11) is 1.62. The van der Waals surface area contributed by atoms with Crippen LogP contribution in [0.4, 0.5) is 0 Å². The largest absolute Gasteiger partial charge is 0.373 e. The van der Waals surface area contributed by atoms with Crippen LogP contribution in [0.15, 0.2) is 0 Å². The van der Waals surface area contributed by atoms with Crippen LogP contribution in [-0.4, -0.2) is 32.7 Å². The number of hydrogen-bond donors (Lipinski definition) is 0. The fourth-order valence-corrected chi connectivity index (χ4v) is 0.734. The molecule has 0 aromatic rings. The van der Waals surface area contributed by atoms with Crippen LogP contribution in [0.3, 0.4) is 0 Å². The highest BCUT2D eigenvalue weighted by atomic mass is 16.7. The number of methoxy groups -OCH3 is 1. The van der Waals surface area contributed by atoms with E-state index in [2.05, 4.69) is 0 Å². The molecule has 0 amide bonds. The van der Waals surface area contributed by atoms with E-state index in [9.17, 15) is 0 Å². The van der Waals surface area contributed by atoms with Crippen molar-refractivity contribution in [1.82, 2.24) is 0 Å². The molecule has 0 bridgehead atoms. The van der Waals surface area contributed by atoms with Gasteiger partial charge in [0.05, 0.1) is 13.2 Å². The van der Waals surface area contributed by atoms with E-state index in [1.54, 1.807) is 7.11 Å². The summed E-state index contributed by atoms with van der Waals surface area (Å²) < 4.78 is 15.4.